The Labute approximate surface area is 193 Å². The van der Waals surface area contributed by atoms with Gasteiger partial charge in [-0.15, -0.1) is 0 Å². The summed E-state index contributed by atoms with van der Waals surface area (Å²) in [7, 11) is 1.65. The van der Waals surface area contributed by atoms with Gasteiger partial charge in [-0.25, -0.2) is 15.0 Å². The average Bonchev–Trinajstić information content (AvgIpc) is 3.44. The normalized spacial score (nSPS) is 11.7. The zero-order valence-electron chi connectivity index (χ0n) is 19.3. The van der Waals surface area contributed by atoms with Crippen LogP contribution in [0.25, 0.3) is 22.4 Å². The largest absolute Gasteiger partial charge is 0.497 e. The number of hydrogen-bond acceptors (Lipinski definition) is 5. The number of aliphatic imine (C=N–C) groups is 1. The number of benzene rings is 2. The number of H-pyrrole nitrogens is 1. The molecule has 2 heterocycles. The van der Waals surface area contributed by atoms with Gasteiger partial charge in [0.05, 0.1) is 18.1 Å². The van der Waals surface area contributed by atoms with E-state index in [1.165, 1.54) is 5.52 Å². The summed E-state index contributed by atoms with van der Waals surface area (Å²) in [6.07, 6.45) is 0.954. The van der Waals surface area contributed by atoms with Crippen molar-refractivity contribution in [1.29, 1.82) is 0 Å². The number of ether oxygens (including phenoxy) is 1. The molecule has 0 saturated carbocycles. The summed E-state index contributed by atoms with van der Waals surface area (Å²) in [5.41, 5.74) is 3.14. The van der Waals surface area contributed by atoms with E-state index >= 15 is 0 Å². The number of fused-ring (bicyclic) bond motifs is 1. The summed E-state index contributed by atoms with van der Waals surface area (Å²) in [5, 5.41) is 14.0. The predicted octanol–water partition coefficient (Wildman–Crippen LogP) is 3.28. The maximum Gasteiger partial charge on any atom is 0.191 e. The summed E-state index contributed by atoms with van der Waals surface area (Å²) < 4.78 is 7.46. The van der Waals surface area contributed by atoms with Crippen LogP contribution in [0.5, 0.6) is 5.75 Å². The molecule has 4 rings (SSSR count). The van der Waals surface area contributed by atoms with Crippen molar-refractivity contribution in [2.45, 2.75) is 33.4 Å². The Kier molecular flexibility index (Phi) is 7.19. The quantitative estimate of drug-likeness (QED) is 0.207. The smallest absolute Gasteiger partial charge is 0.191 e. The van der Waals surface area contributed by atoms with Crippen molar-refractivity contribution in [1.82, 2.24) is 35.4 Å². The van der Waals surface area contributed by atoms with Gasteiger partial charge in [-0.1, -0.05) is 12.1 Å². The van der Waals surface area contributed by atoms with Gasteiger partial charge in [-0.05, 0) is 56.7 Å². The lowest BCUT2D eigenvalue weighted by Crippen LogP contribution is -2.38. The number of hydrogen-bond donors (Lipinski definition) is 3. The van der Waals surface area contributed by atoms with Gasteiger partial charge in [0.1, 0.15) is 23.9 Å². The molecule has 33 heavy (non-hydrogen) atoms. The van der Waals surface area contributed by atoms with Gasteiger partial charge in [-0.3, -0.25) is 5.10 Å². The Morgan fingerprint density at radius 2 is 1.91 bits per heavy atom. The molecule has 172 valence electrons. The lowest BCUT2D eigenvalue weighted by molar-refractivity contribution is 0.415. The molecule has 0 spiro atoms. The Morgan fingerprint density at radius 3 is 2.70 bits per heavy atom. The van der Waals surface area contributed by atoms with E-state index in [-0.39, 0.29) is 0 Å². The van der Waals surface area contributed by atoms with Crippen LogP contribution in [0.2, 0.25) is 0 Å². The second-order valence-electron chi connectivity index (χ2n) is 7.61. The molecule has 0 fully saturated rings. The molecule has 9 nitrogen and oxygen atoms in total. The standard InChI is InChI=1S/C24H30N8O/c1-4-25-24(26-14-7-15-32-17(2)28-20-8-5-6-9-21(20)32)27-16-22-29-23(31-30-22)18-10-12-19(33-3)13-11-18/h5-6,8-13H,4,7,14-16H2,1-3H3,(H2,25,26,27)(H,29,30,31). The van der Waals surface area contributed by atoms with Gasteiger partial charge < -0.3 is 19.9 Å². The topological polar surface area (TPSA) is 105 Å². The SMILES string of the molecule is CCNC(=NCc1nc(-c2ccc(OC)cc2)n[nH]1)NCCCn1c(C)nc2ccccc21. The minimum Gasteiger partial charge on any atom is -0.497 e. The Bertz CT molecular complexity index is 1210. The number of para-hydroxylation sites is 2. The molecule has 0 saturated heterocycles. The van der Waals surface area contributed by atoms with Crippen molar-refractivity contribution in [3.05, 3.63) is 60.2 Å². The number of aryl methyl sites for hydroxylation is 2. The van der Waals surface area contributed by atoms with Gasteiger partial charge in [0.2, 0.25) is 0 Å². The van der Waals surface area contributed by atoms with E-state index in [4.69, 9.17) is 4.74 Å². The highest BCUT2D eigenvalue weighted by atomic mass is 16.5. The first kappa shape index (κ1) is 22.3. The lowest BCUT2D eigenvalue weighted by atomic mass is 10.2. The van der Waals surface area contributed by atoms with E-state index in [0.717, 1.165) is 54.7 Å². The minimum atomic E-state index is 0.407. The number of imidazole rings is 1. The summed E-state index contributed by atoms with van der Waals surface area (Å²) in [4.78, 5) is 13.8. The van der Waals surface area contributed by atoms with Crippen molar-refractivity contribution in [3.63, 3.8) is 0 Å². The van der Waals surface area contributed by atoms with E-state index < -0.39 is 0 Å². The van der Waals surface area contributed by atoms with Crippen LogP contribution in [0, 0.1) is 6.92 Å². The van der Waals surface area contributed by atoms with Crippen LogP contribution < -0.4 is 15.4 Å². The second-order valence-corrected chi connectivity index (χ2v) is 7.61. The zero-order valence-corrected chi connectivity index (χ0v) is 19.3. The van der Waals surface area contributed by atoms with Crippen molar-refractivity contribution >= 4 is 17.0 Å². The van der Waals surface area contributed by atoms with Crippen molar-refractivity contribution in [2.24, 2.45) is 4.99 Å². The third kappa shape index (κ3) is 5.49. The first-order valence-electron chi connectivity index (χ1n) is 11.2. The fourth-order valence-corrected chi connectivity index (χ4v) is 3.65. The zero-order chi connectivity index (χ0) is 23.0. The number of nitrogens with one attached hydrogen (secondary N) is 3. The average molecular weight is 447 g/mol. The van der Waals surface area contributed by atoms with Crippen LogP contribution in [0.1, 0.15) is 25.0 Å². The molecule has 0 atom stereocenters. The maximum absolute atomic E-state index is 5.20. The third-order valence-electron chi connectivity index (χ3n) is 5.31. The number of aromatic amines is 1. The van der Waals surface area contributed by atoms with Crippen molar-refractivity contribution < 1.29 is 4.74 Å². The van der Waals surface area contributed by atoms with Crippen LogP contribution in [0.3, 0.4) is 0 Å². The van der Waals surface area contributed by atoms with Gasteiger partial charge in [0.15, 0.2) is 11.8 Å². The predicted molar refractivity (Wildman–Crippen MR) is 130 cm³/mol. The monoisotopic (exact) mass is 446 g/mol. The van der Waals surface area contributed by atoms with Crippen LogP contribution in [0.15, 0.2) is 53.5 Å². The Balaban J connectivity index is 1.32. The molecule has 9 heteroatoms. The van der Waals surface area contributed by atoms with Gasteiger partial charge in [0.25, 0.3) is 0 Å². The number of rotatable bonds is 9. The molecular formula is C24H30N8O. The third-order valence-corrected chi connectivity index (χ3v) is 5.31. The summed E-state index contributed by atoms with van der Waals surface area (Å²) in [6.45, 7) is 6.98. The molecular weight excluding hydrogens is 416 g/mol. The van der Waals surface area contributed by atoms with E-state index in [1.807, 2.05) is 30.3 Å². The molecule has 2 aromatic heterocycles. The molecule has 0 aliphatic rings. The maximum atomic E-state index is 5.20. The first-order valence-corrected chi connectivity index (χ1v) is 11.2. The number of nitrogens with zero attached hydrogens (tertiary/aromatic N) is 5. The second kappa shape index (κ2) is 10.6. The van der Waals surface area contributed by atoms with Gasteiger partial charge >= 0.3 is 0 Å². The molecule has 0 radical (unpaired) electrons. The molecule has 0 unspecified atom stereocenters. The Hall–Kier alpha value is -3.88. The number of guanidine groups is 1. The van der Waals surface area contributed by atoms with Crippen molar-refractivity contribution in [3.8, 4) is 17.1 Å². The number of methoxy groups -OCH3 is 1. The first-order chi connectivity index (χ1) is 16.2. The molecule has 4 aromatic rings. The van der Waals surface area contributed by atoms with Crippen molar-refractivity contribution in [2.75, 3.05) is 20.2 Å². The molecule has 2 aromatic carbocycles. The molecule has 3 N–H and O–H groups in total. The molecule has 0 aliphatic heterocycles. The van der Waals surface area contributed by atoms with Crippen LogP contribution in [-0.2, 0) is 13.1 Å². The summed E-state index contributed by atoms with van der Waals surface area (Å²) in [6, 6.07) is 15.9. The van der Waals surface area contributed by atoms with Gasteiger partial charge in [0, 0.05) is 25.2 Å². The van der Waals surface area contributed by atoms with Crippen LogP contribution >= 0.6 is 0 Å². The highest BCUT2D eigenvalue weighted by Gasteiger charge is 2.08. The van der Waals surface area contributed by atoms with Gasteiger partial charge in [-0.2, -0.15) is 5.10 Å². The highest BCUT2D eigenvalue weighted by molar-refractivity contribution is 5.79. The summed E-state index contributed by atoms with van der Waals surface area (Å²) >= 11 is 0. The highest BCUT2D eigenvalue weighted by Crippen LogP contribution is 2.19. The van der Waals surface area contributed by atoms with E-state index in [1.54, 1.807) is 7.11 Å². The lowest BCUT2D eigenvalue weighted by Gasteiger charge is -2.12. The van der Waals surface area contributed by atoms with E-state index in [2.05, 4.69) is 72.4 Å². The molecule has 0 aliphatic carbocycles. The van der Waals surface area contributed by atoms with E-state index in [9.17, 15) is 0 Å². The fraction of sp³-hybridized carbons (Fsp3) is 0.333. The minimum absolute atomic E-state index is 0.407. The Morgan fingerprint density at radius 1 is 1.09 bits per heavy atom. The number of aromatic nitrogens is 5. The molecule has 0 bridgehead atoms. The summed E-state index contributed by atoms with van der Waals surface area (Å²) in [5.74, 6) is 3.95. The molecule has 0 amide bonds. The van der Waals surface area contributed by atoms with Crippen LogP contribution in [-0.4, -0.2) is 50.9 Å². The fourth-order valence-electron chi connectivity index (χ4n) is 3.65. The van der Waals surface area contributed by atoms with Crippen LogP contribution in [0.4, 0.5) is 0 Å². The van der Waals surface area contributed by atoms with E-state index in [0.29, 0.717) is 18.2 Å².